The van der Waals surface area contributed by atoms with Crippen molar-refractivity contribution in [1.82, 2.24) is 4.90 Å². The number of hydrogen-bond acceptors (Lipinski definition) is 4. The Bertz CT molecular complexity index is 524. The molecule has 21 heavy (non-hydrogen) atoms. The Kier molecular flexibility index (Phi) is 5.73. The standard InChI is InChI=1S/C16H21N3O2/c1-13-12-19(7-3-9-21-13)8-6-16(20)18-15-5-2-4-14(10-15)11-17/h2,4-5,10,13H,3,6-9,12H2,1H3,(H,18,20). The van der Waals surface area contributed by atoms with E-state index in [1.54, 1.807) is 24.3 Å². The van der Waals surface area contributed by atoms with Crippen LogP contribution in [-0.2, 0) is 9.53 Å². The Hall–Kier alpha value is -1.90. The zero-order valence-electron chi connectivity index (χ0n) is 12.3. The Morgan fingerprint density at radius 3 is 3.24 bits per heavy atom. The molecule has 0 aliphatic carbocycles. The number of carbonyl (C=O) groups is 1. The zero-order chi connectivity index (χ0) is 15.1. The van der Waals surface area contributed by atoms with E-state index in [9.17, 15) is 4.79 Å². The highest BCUT2D eigenvalue weighted by Gasteiger charge is 2.15. The van der Waals surface area contributed by atoms with Gasteiger partial charge < -0.3 is 15.0 Å². The number of nitrogens with zero attached hydrogens (tertiary/aromatic N) is 2. The van der Waals surface area contributed by atoms with Gasteiger partial charge in [0.1, 0.15) is 0 Å². The average Bonchev–Trinajstić information content (AvgIpc) is 2.69. The van der Waals surface area contributed by atoms with Crippen molar-refractivity contribution in [2.24, 2.45) is 0 Å². The van der Waals surface area contributed by atoms with Crippen LogP contribution in [0.25, 0.3) is 0 Å². The predicted molar refractivity (Wildman–Crippen MR) is 80.9 cm³/mol. The van der Waals surface area contributed by atoms with Gasteiger partial charge in [-0.1, -0.05) is 6.07 Å². The maximum absolute atomic E-state index is 12.0. The molecule has 2 rings (SSSR count). The van der Waals surface area contributed by atoms with Gasteiger partial charge in [-0.15, -0.1) is 0 Å². The maximum Gasteiger partial charge on any atom is 0.225 e. The summed E-state index contributed by atoms with van der Waals surface area (Å²) in [5.74, 6) is -0.0251. The van der Waals surface area contributed by atoms with Crippen LogP contribution in [0.15, 0.2) is 24.3 Å². The molecule has 0 spiro atoms. The number of hydrogen-bond donors (Lipinski definition) is 1. The van der Waals surface area contributed by atoms with Crippen molar-refractivity contribution in [3.8, 4) is 6.07 Å². The second kappa shape index (κ2) is 7.77. The predicted octanol–water partition coefficient (Wildman–Crippen LogP) is 2.00. The summed E-state index contributed by atoms with van der Waals surface area (Å²) in [5, 5.41) is 11.7. The van der Waals surface area contributed by atoms with Crippen molar-refractivity contribution >= 4 is 11.6 Å². The topological polar surface area (TPSA) is 65.4 Å². The van der Waals surface area contributed by atoms with Crippen LogP contribution in [-0.4, -0.2) is 43.2 Å². The lowest BCUT2D eigenvalue weighted by Crippen LogP contribution is -2.33. The van der Waals surface area contributed by atoms with Crippen LogP contribution in [0.2, 0.25) is 0 Å². The van der Waals surface area contributed by atoms with Crippen molar-refractivity contribution in [1.29, 1.82) is 5.26 Å². The molecular weight excluding hydrogens is 266 g/mol. The van der Waals surface area contributed by atoms with Crippen LogP contribution >= 0.6 is 0 Å². The summed E-state index contributed by atoms with van der Waals surface area (Å²) in [6, 6.07) is 9.02. The summed E-state index contributed by atoms with van der Waals surface area (Å²) in [7, 11) is 0. The van der Waals surface area contributed by atoms with Crippen LogP contribution < -0.4 is 5.32 Å². The number of ether oxygens (including phenoxy) is 1. The molecule has 1 fully saturated rings. The zero-order valence-corrected chi connectivity index (χ0v) is 12.3. The van der Waals surface area contributed by atoms with E-state index in [0.29, 0.717) is 17.7 Å². The highest BCUT2D eigenvalue weighted by molar-refractivity contribution is 5.90. The molecule has 5 heteroatoms. The molecule has 1 heterocycles. The summed E-state index contributed by atoms with van der Waals surface area (Å²) < 4.78 is 5.59. The number of amides is 1. The minimum atomic E-state index is -0.0251. The molecule has 1 amide bonds. The van der Waals surface area contributed by atoms with Crippen LogP contribution in [0.4, 0.5) is 5.69 Å². The normalized spacial score (nSPS) is 19.5. The van der Waals surface area contributed by atoms with Gasteiger partial charge in [-0.2, -0.15) is 5.26 Å². The lowest BCUT2D eigenvalue weighted by Gasteiger charge is -2.21. The molecule has 1 N–H and O–H groups in total. The SMILES string of the molecule is CC1CN(CCC(=O)Nc2cccc(C#N)c2)CCCO1. The molecule has 1 atom stereocenters. The van der Waals surface area contributed by atoms with Gasteiger partial charge in [-0.3, -0.25) is 4.79 Å². The molecule has 5 nitrogen and oxygen atoms in total. The van der Waals surface area contributed by atoms with Gasteiger partial charge in [-0.05, 0) is 31.5 Å². The van der Waals surface area contributed by atoms with Crippen LogP contribution in [0.3, 0.4) is 0 Å². The first kappa shape index (κ1) is 15.5. The molecular formula is C16H21N3O2. The number of nitrogens with one attached hydrogen (secondary N) is 1. The molecule has 0 radical (unpaired) electrons. The second-order valence-electron chi connectivity index (χ2n) is 5.33. The molecule has 112 valence electrons. The third kappa shape index (κ3) is 5.18. The summed E-state index contributed by atoms with van der Waals surface area (Å²) in [5.41, 5.74) is 1.22. The molecule has 1 aliphatic rings. The second-order valence-corrected chi connectivity index (χ2v) is 5.33. The minimum absolute atomic E-state index is 0.0251. The fourth-order valence-corrected chi connectivity index (χ4v) is 2.43. The minimum Gasteiger partial charge on any atom is -0.377 e. The van der Waals surface area contributed by atoms with Crippen molar-refractivity contribution in [3.05, 3.63) is 29.8 Å². The number of rotatable bonds is 4. The van der Waals surface area contributed by atoms with Crippen molar-refractivity contribution < 1.29 is 9.53 Å². The van der Waals surface area contributed by atoms with Gasteiger partial charge in [-0.25, -0.2) is 0 Å². The number of carbonyl (C=O) groups excluding carboxylic acids is 1. The molecule has 0 saturated carbocycles. The van der Waals surface area contributed by atoms with Crippen LogP contribution in [0, 0.1) is 11.3 Å². The van der Waals surface area contributed by atoms with Gasteiger partial charge in [0.15, 0.2) is 0 Å². The summed E-state index contributed by atoms with van der Waals surface area (Å²) in [4.78, 5) is 14.2. The van der Waals surface area contributed by atoms with E-state index in [1.165, 1.54) is 0 Å². The van der Waals surface area contributed by atoms with Gasteiger partial charge in [0.05, 0.1) is 17.7 Å². The number of benzene rings is 1. The Morgan fingerprint density at radius 1 is 1.57 bits per heavy atom. The monoisotopic (exact) mass is 287 g/mol. The van der Waals surface area contributed by atoms with Crippen molar-refractivity contribution in [3.63, 3.8) is 0 Å². The lowest BCUT2D eigenvalue weighted by molar-refractivity contribution is -0.116. The first-order valence-corrected chi connectivity index (χ1v) is 7.31. The van der Waals surface area contributed by atoms with Crippen LogP contribution in [0.1, 0.15) is 25.3 Å². The van der Waals surface area contributed by atoms with E-state index >= 15 is 0 Å². The Balaban J connectivity index is 1.80. The van der Waals surface area contributed by atoms with Gasteiger partial charge in [0, 0.05) is 38.3 Å². The Labute approximate surface area is 125 Å². The number of nitriles is 1. The first-order valence-electron chi connectivity index (χ1n) is 7.31. The highest BCUT2D eigenvalue weighted by Crippen LogP contribution is 2.11. The molecule has 1 aromatic carbocycles. The van der Waals surface area contributed by atoms with E-state index in [2.05, 4.69) is 23.2 Å². The van der Waals surface area contributed by atoms with Crippen LogP contribution in [0.5, 0.6) is 0 Å². The summed E-state index contributed by atoms with van der Waals surface area (Å²) in [6.07, 6.45) is 1.68. The molecule has 0 bridgehead atoms. The first-order chi connectivity index (χ1) is 10.2. The molecule has 1 unspecified atom stereocenters. The van der Waals surface area contributed by atoms with Gasteiger partial charge in [0.2, 0.25) is 5.91 Å². The smallest absolute Gasteiger partial charge is 0.225 e. The largest absolute Gasteiger partial charge is 0.377 e. The summed E-state index contributed by atoms with van der Waals surface area (Å²) >= 11 is 0. The highest BCUT2D eigenvalue weighted by atomic mass is 16.5. The fraction of sp³-hybridized carbons (Fsp3) is 0.500. The summed E-state index contributed by atoms with van der Waals surface area (Å²) in [6.45, 7) is 5.44. The number of anilines is 1. The third-order valence-electron chi connectivity index (χ3n) is 3.47. The maximum atomic E-state index is 12.0. The molecule has 0 aromatic heterocycles. The van der Waals surface area contributed by atoms with E-state index in [4.69, 9.17) is 10.00 Å². The molecule has 1 saturated heterocycles. The quantitative estimate of drug-likeness (QED) is 0.920. The average molecular weight is 287 g/mol. The third-order valence-corrected chi connectivity index (χ3v) is 3.47. The van der Waals surface area contributed by atoms with E-state index in [-0.39, 0.29) is 12.0 Å². The lowest BCUT2D eigenvalue weighted by atomic mass is 10.2. The van der Waals surface area contributed by atoms with Gasteiger partial charge in [0.25, 0.3) is 0 Å². The molecule has 1 aromatic rings. The van der Waals surface area contributed by atoms with Crippen molar-refractivity contribution in [2.45, 2.75) is 25.9 Å². The van der Waals surface area contributed by atoms with E-state index in [0.717, 1.165) is 32.7 Å². The fourth-order valence-electron chi connectivity index (χ4n) is 2.43. The Morgan fingerprint density at radius 2 is 2.43 bits per heavy atom. The molecule has 1 aliphatic heterocycles. The van der Waals surface area contributed by atoms with Gasteiger partial charge >= 0.3 is 0 Å². The van der Waals surface area contributed by atoms with E-state index < -0.39 is 0 Å². The van der Waals surface area contributed by atoms with E-state index in [1.807, 2.05) is 0 Å². The van der Waals surface area contributed by atoms with Crippen molar-refractivity contribution in [2.75, 3.05) is 31.6 Å².